The van der Waals surface area contributed by atoms with Gasteiger partial charge in [-0.05, 0) is 51.0 Å². The van der Waals surface area contributed by atoms with E-state index in [1.807, 2.05) is 13.8 Å². The van der Waals surface area contributed by atoms with E-state index in [0.29, 0.717) is 11.4 Å². The fourth-order valence-corrected chi connectivity index (χ4v) is 3.95. The van der Waals surface area contributed by atoms with Gasteiger partial charge in [0.15, 0.2) is 0 Å². The molecule has 1 aromatic carbocycles. The summed E-state index contributed by atoms with van der Waals surface area (Å²) in [6, 6.07) is 6.82. The number of benzene rings is 1. The second kappa shape index (κ2) is 7.88. The molecule has 0 atom stereocenters. The highest BCUT2D eigenvalue weighted by Gasteiger charge is 2.26. The number of anilines is 1. The van der Waals surface area contributed by atoms with Crippen LogP contribution in [0.4, 0.5) is 5.69 Å². The van der Waals surface area contributed by atoms with Crippen LogP contribution in [0.25, 0.3) is 0 Å². The van der Waals surface area contributed by atoms with Crippen molar-refractivity contribution in [1.82, 2.24) is 4.90 Å². The molecule has 1 N–H and O–H groups in total. The average Bonchev–Trinajstić information content (AvgIpc) is 3.01. The standard InChI is InChI=1S/C17H26N2O4S/c1-13(2)23-16-10-8-14(9-11-16)18-24(21,22)12-17(20)19(3)15-6-4-5-7-15/h8-11,13,15,18H,4-7,12H2,1-3H3. The number of rotatable bonds is 7. The molecule has 1 aromatic rings. The van der Waals surface area contributed by atoms with E-state index in [1.54, 1.807) is 36.2 Å². The highest BCUT2D eigenvalue weighted by atomic mass is 32.2. The molecule has 134 valence electrons. The molecule has 1 amide bonds. The molecule has 0 radical (unpaired) electrons. The van der Waals surface area contributed by atoms with Gasteiger partial charge in [0.25, 0.3) is 0 Å². The summed E-state index contributed by atoms with van der Waals surface area (Å²) in [6.07, 6.45) is 4.15. The van der Waals surface area contributed by atoms with Gasteiger partial charge in [-0.1, -0.05) is 12.8 Å². The lowest BCUT2D eigenvalue weighted by Gasteiger charge is -2.24. The average molecular weight is 354 g/mol. The van der Waals surface area contributed by atoms with E-state index in [0.717, 1.165) is 25.7 Å². The third-order valence-electron chi connectivity index (χ3n) is 4.08. The number of hydrogen-bond acceptors (Lipinski definition) is 4. The largest absolute Gasteiger partial charge is 0.491 e. The molecule has 24 heavy (non-hydrogen) atoms. The maximum atomic E-state index is 12.2. The summed E-state index contributed by atoms with van der Waals surface area (Å²) in [5.41, 5.74) is 0.419. The lowest BCUT2D eigenvalue weighted by atomic mass is 10.2. The first-order valence-corrected chi connectivity index (χ1v) is 9.95. The molecule has 0 aromatic heterocycles. The highest BCUT2D eigenvalue weighted by molar-refractivity contribution is 7.93. The summed E-state index contributed by atoms with van der Waals surface area (Å²) in [4.78, 5) is 13.8. The minimum absolute atomic E-state index is 0.0521. The first-order valence-electron chi connectivity index (χ1n) is 8.30. The van der Waals surface area contributed by atoms with Crippen molar-refractivity contribution in [2.75, 3.05) is 17.5 Å². The number of nitrogens with zero attached hydrogens (tertiary/aromatic N) is 1. The lowest BCUT2D eigenvalue weighted by Crippen LogP contribution is -2.40. The maximum absolute atomic E-state index is 12.2. The van der Waals surface area contributed by atoms with E-state index in [4.69, 9.17) is 4.74 Å². The van der Waals surface area contributed by atoms with Crippen LogP contribution in [0.2, 0.25) is 0 Å². The van der Waals surface area contributed by atoms with E-state index in [9.17, 15) is 13.2 Å². The normalized spacial score (nSPS) is 15.5. The third-order valence-corrected chi connectivity index (χ3v) is 5.25. The molecule has 6 nitrogen and oxygen atoms in total. The van der Waals surface area contributed by atoms with Gasteiger partial charge in [0, 0.05) is 18.8 Å². The second-order valence-electron chi connectivity index (χ2n) is 6.50. The maximum Gasteiger partial charge on any atom is 0.241 e. The molecule has 0 heterocycles. The summed E-state index contributed by atoms with van der Waals surface area (Å²) in [5.74, 6) is -0.233. The Labute approximate surface area is 144 Å². The molecule has 0 bridgehead atoms. The minimum Gasteiger partial charge on any atom is -0.491 e. The Balaban J connectivity index is 1.93. The van der Waals surface area contributed by atoms with Gasteiger partial charge in [-0.25, -0.2) is 8.42 Å². The summed E-state index contributed by atoms with van der Waals surface area (Å²) in [6.45, 7) is 3.84. The van der Waals surface area contributed by atoms with Crippen molar-refractivity contribution in [1.29, 1.82) is 0 Å². The van der Waals surface area contributed by atoms with Crippen LogP contribution in [0.1, 0.15) is 39.5 Å². The summed E-state index contributed by atoms with van der Waals surface area (Å²) in [5, 5.41) is 0. The van der Waals surface area contributed by atoms with Crippen LogP contribution >= 0.6 is 0 Å². The van der Waals surface area contributed by atoms with Crippen molar-refractivity contribution < 1.29 is 17.9 Å². The Kier molecular flexibility index (Phi) is 6.10. The van der Waals surface area contributed by atoms with Gasteiger partial charge >= 0.3 is 0 Å². The zero-order valence-corrected chi connectivity index (χ0v) is 15.3. The zero-order valence-electron chi connectivity index (χ0n) is 14.5. The molecular weight excluding hydrogens is 328 g/mol. The van der Waals surface area contributed by atoms with Gasteiger partial charge in [-0.3, -0.25) is 9.52 Å². The first kappa shape index (κ1) is 18.6. The van der Waals surface area contributed by atoms with Crippen LogP contribution in [0.3, 0.4) is 0 Å². The third kappa shape index (κ3) is 5.40. The van der Waals surface area contributed by atoms with Crippen molar-refractivity contribution in [3.05, 3.63) is 24.3 Å². The highest BCUT2D eigenvalue weighted by Crippen LogP contribution is 2.23. The molecule has 0 aliphatic heterocycles. The summed E-state index contributed by atoms with van der Waals surface area (Å²) < 4.78 is 32.4. The van der Waals surface area contributed by atoms with Crippen LogP contribution in [0.15, 0.2) is 24.3 Å². The Morgan fingerprint density at radius 2 is 1.83 bits per heavy atom. The zero-order chi connectivity index (χ0) is 17.7. The molecule has 1 fully saturated rings. The molecule has 2 rings (SSSR count). The predicted molar refractivity (Wildman–Crippen MR) is 94.6 cm³/mol. The number of hydrogen-bond donors (Lipinski definition) is 1. The SMILES string of the molecule is CC(C)Oc1ccc(NS(=O)(=O)CC(=O)N(C)C2CCCC2)cc1. The quantitative estimate of drug-likeness (QED) is 0.817. The van der Waals surface area contributed by atoms with E-state index >= 15 is 0 Å². The fraction of sp³-hybridized carbons (Fsp3) is 0.588. The number of sulfonamides is 1. The van der Waals surface area contributed by atoms with Crippen LogP contribution in [0.5, 0.6) is 5.75 Å². The lowest BCUT2D eigenvalue weighted by molar-refractivity contribution is -0.129. The molecule has 1 saturated carbocycles. The van der Waals surface area contributed by atoms with Crippen molar-refractivity contribution in [3.8, 4) is 5.75 Å². The van der Waals surface area contributed by atoms with Gasteiger partial charge in [0.05, 0.1) is 6.10 Å². The molecule has 0 spiro atoms. The van der Waals surface area contributed by atoms with E-state index in [2.05, 4.69) is 4.72 Å². The van der Waals surface area contributed by atoms with Crippen LogP contribution in [-0.2, 0) is 14.8 Å². The monoisotopic (exact) mass is 354 g/mol. The second-order valence-corrected chi connectivity index (χ2v) is 8.22. The molecule has 0 unspecified atom stereocenters. The van der Waals surface area contributed by atoms with Gasteiger partial charge in [-0.15, -0.1) is 0 Å². The number of amides is 1. The topological polar surface area (TPSA) is 75.7 Å². The fourth-order valence-electron chi connectivity index (χ4n) is 2.85. The van der Waals surface area contributed by atoms with Crippen LogP contribution in [-0.4, -0.2) is 44.2 Å². The Morgan fingerprint density at radius 3 is 2.38 bits per heavy atom. The van der Waals surface area contributed by atoms with Gasteiger partial charge in [0.2, 0.25) is 15.9 Å². The van der Waals surface area contributed by atoms with Crippen LogP contribution < -0.4 is 9.46 Å². The molecule has 7 heteroatoms. The van der Waals surface area contributed by atoms with Gasteiger partial charge in [-0.2, -0.15) is 0 Å². The summed E-state index contributed by atoms with van der Waals surface area (Å²) in [7, 11) is -2.04. The van der Waals surface area contributed by atoms with Crippen molar-refractivity contribution in [3.63, 3.8) is 0 Å². The molecule has 0 saturated heterocycles. The van der Waals surface area contributed by atoms with E-state index in [-0.39, 0.29) is 18.1 Å². The first-order chi connectivity index (χ1) is 11.3. The number of carbonyl (C=O) groups is 1. The minimum atomic E-state index is -3.73. The van der Waals surface area contributed by atoms with Crippen molar-refractivity contribution >= 4 is 21.6 Å². The smallest absolute Gasteiger partial charge is 0.241 e. The number of nitrogens with one attached hydrogen (secondary N) is 1. The van der Waals surface area contributed by atoms with E-state index < -0.39 is 15.8 Å². The molecule has 1 aliphatic carbocycles. The van der Waals surface area contributed by atoms with Crippen LogP contribution in [0, 0.1) is 0 Å². The van der Waals surface area contributed by atoms with Crippen molar-refractivity contribution in [2.24, 2.45) is 0 Å². The molecule has 1 aliphatic rings. The Hall–Kier alpha value is -1.76. The van der Waals surface area contributed by atoms with Gasteiger partial charge in [0.1, 0.15) is 11.5 Å². The van der Waals surface area contributed by atoms with Gasteiger partial charge < -0.3 is 9.64 Å². The molecular formula is C17H26N2O4S. The Morgan fingerprint density at radius 1 is 1.25 bits per heavy atom. The van der Waals surface area contributed by atoms with E-state index in [1.165, 1.54) is 0 Å². The Bertz CT molecular complexity index is 650. The summed E-state index contributed by atoms with van der Waals surface area (Å²) >= 11 is 0. The number of ether oxygens (including phenoxy) is 1. The van der Waals surface area contributed by atoms with Crippen molar-refractivity contribution in [2.45, 2.75) is 51.7 Å². The predicted octanol–water partition coefficient (Wildman–Crippen LogP) is 2.62. The number of carbonyl (C=O) groups excluding carboxylic acids is 1.